The van der Waals surface area contributed by atoms with Crippen LogP contribution < -0.4 is 15.4 Å². The van der Waals surface area contributed by atoms with Gasteiger partial charge in [0.2, 0.25) is 5.91 Å². The summed E-state index contributed by atoms with van der Waals surface area (Å²) in [6.45, 7) is 2.88. The number of methoxy groups -OCH3 is 1. The predicted octanol–water partition coefficient (Wildman–Crippen LogP) is 2.68. The first-order chi connectivity index (χ1) is 13.7. The zero-order valence-electron chi connectivity index (χ0n) is 16.6. The van der Waals surface area contributed by atoms with E-state index in [1.165, 1.54) is 0 Å². The average molecular weight is 380 g/mol. The Hall–Kier alpha value is -3.02. The minimum Gasteiger partial charge on any atom is -0.497 e. The van der Waals surface area contributed by atoms with E-state index in [1.807, 2.05) is 35.2 Å². The maximum Gasteiger partial charge on any atom is 0.222 e. The first-order valence-electron chi connectivity index (χ1n) is 9.61. The molecule has 0 atom stereocenters. The summed E-state index contributed by atoms with van der Waals surface area (Å²) in [4.78, 5) is 18.0. The SMILES string of the molecule is CN=C(NCc1cccc(CN2CCCC2=O)c1)NCc1cccc(OC)c1. The minimum atomic E-state index is 0.255. The van der Waals surface area contributed by atoms with Crippen molar-refractivity contribution in [1.82, 2.24) is 15.5 Å². The van der Waals surface area contributed by atoms with Crippen LogP contribution in [0.25, 0.3) is 0 Å². The fourth-order valence-electron chi connectivity index (χ4n) is 3.30. The molecule has 0 aromatic heterocycles. The van der Waals surface area contributed by atoms with Gasteiger partial charge in [0.05, 0.1) is 7.11 Å². The lowest BCUT2D eigenvalue weighted by Crippen LogP contribution is -2.36. The van der Waals surface area contributed by atoms with E-state index in [0.29, 0.717) is 26.1 Å². The van der Waals surface area contributed by atoms with Gasteiger partial charge in [-0.15, -0.1) is 0 Å². The molecule has 6 heteroatoms. The Balaban J connectivity index is 1.51. The van der Waals surface area contributed by atoms with Gasteiger partial charge in [-0.25, -0.2) is 0 Å². The third kappa shape index (κ3) is 5.49. The molecule has 0 saturated carbocycles. The van der Waals surface area contributed by atoms with Crippen molar-refractivity contribution in [2.75, 3.05) is 20.7 Å². The lowest BCUT2D eigenvalue weighted by atomic mass is 10.1. The molecule has 0 radical (unpaired) electrons. The highest BCUT2D eigenvalue weighted by Gasteiger charge is 2.19. The molecule has 6 nitrogen and oxygen atoms in total. The van der Waals surface area contributed by atoms with Crippen molar-refractivity contribution in [3.63, 3.8) is 0 Å². The molecule has 0 spiro atoms. The first-order valence-corrected chi connectivity index (χ1v) is 9.61. The molecule has 1 amide bonds. The van der Waals surface area contributed by atoms with E-state index < -0.39 is 0 Å². The van der Waals surface area contributed by atoms with Gasteiger partial charge >= 0.3 is 0 Å². The molecule has 1 aliphatic heterocycles. The molecule has 1 heterocycles. The zero-order valence-corrected chi connectivity index (χ0v) is 16.6. The second-order valence-electron chi connectivity index (χ2n) is 6.87. The van der Waals surface area contributed by atoms with Crippen molar-refractivity contribution in [1.29, 1.82) is 0 Å². The third-order valence-corrected chi connectivity index (χ3v) is 4.81. The van der Waals surface area contributed by atoms with Crippen molar-refractivity contribution in [2.45, 2.75) is 32.5 Å². The highest BCUT2D eigenvalue weighted by atomic mass is 16.5. The van der Waals surface area contributed by atoms with Crippen LogP contribution in [0.1, 0.15) is 29.5 Å². The largest absolute Gasteiger partial charge is 0.497 e. The fourth-order valence-corrected chi connectivity index (χ4v) is 3.30. The van der Waals surface area contributed by atoms with Gasteiger partial charge in [-0.1, -0.05) is 36.4 Å². The molecule has 2 aromatic rings. The molecule has 2 aromatic carbocycles. The Bertz CT molecular complexity index is 835. The summed E-state index contributed by atoms with van der Waals surface area (Å²) in [6, 6.07) is 16.3. The Kier molecular flexibility index (Phi) is 6.89. The Morgan fingerprint density at radius 1 is 1.07 bits per heavy atom. The quantitative estimate of drug-likeness (QED) is 0.573. The number of carbonyl (C=O) groups is 1. The van der Waals surface area contributed by atoms with Crippen LogP contribution >= 0.6 is 0 Å². The Labute approximate surface area is 166 Å². The van der Waals surface area contributed by atoms with E-state index in [9.17, 15) is 4.79 Å². The number of guanidine groups is 1. The molecular formula is C22H28N4O2. The van der Waals surface area contributed by atoms with Gasteiger partial charge < -0.3 is 20.3 Å². The highest BCUT2D eigenvalue weighted by molar-refractivity contribution is 5.79. The average Bonchev–Trinajstić information content (AvgIpc) is 3.13. The molecule has 1 aliphatic rings. The lowest BCUT2D eigenvalue weighted by molar-refractivity contribution is -0.128. The van der Waals surface area contributed by atoms with Crippen molar-refractivity contribution in [3.05, 3.63) is 65.2 Å². The molecule has 2 N–H and O–H groups in total. The van der Waals surface area contributed by atoms with Gasteiger partial charge in [0, 0.05) is 39.6 Å². The van der Waals surface area contributed by atoms with Gasteiger partial charge in [0.25, 0.3) is 0 Å². The molecule has 0 unspecified atom stereocenters. The summed E-state index contributed by atoms with van der Waals surface area (Å²) >= 11 is 0. The van der Waals surface area contributed by atoms with E-state index in [4.69, 9.17) is 4.74 Å². The second-order valence-corrected chi connectivity index (χ2v) is 6.87. The highest BCUT2D eigenvalue weighted by Crippen LogP contribution is 2.15. The number of carbonyl (C=O) groups excluding carboxylic acids is 1. The van der Waals surface area contributed by atoms with Gasteiger partial charge in [-0.3, -0.25) is 9.79 Å². The van der Waals surface area contributed by atoms with Crippen LogP contribution in [0.4, 0.5) is 0 Å². The predicted molar refractivity (Wildman–Crippen MR) is 111 cm³/mol. The number of ether oxygens (including phenoxy) is 1. The molecule has 1 fully saturated rings. The summed E-state index contributed by atoms with van der Waals surface area (Å²) in [5.41, 5.74) is 3.45. The number of aliphatic imine (C=N–C) groups is 1. The van der Waals surface area contributed by atoms with Gasteiger partial charge in [0.1, 0.15) is 5.75 Å². The van der Waals surface area contributed by atoms with Crippen molar-refractivity contribution in [2.24, 2.45) is 4.99 Å². The number of likely N-dealkylation sites (tertiary alicyclic amines) is 1. The lowest BCUT2D eigenvalue weighted by Gasteiger charge is -2.16. The number of nitrogens with zero attached hydrogens (tertiary/aromatic N) is 2. The van der Waals surface area contributed by atoms with Crippen molar-refractivity contribution < 1.29 is 9.53 Å². The minimum absolute atomic E-state index is 0.255. The van der Waals surface area contributed by atoms with Crippen LogP contribution in [0.5, 0.6) is 5.75 Å². The van der Waals surface area contributed by atoms with E-state index >= 15 is 0 Å². The van der Waals surface area contributed by atoms with Gasteiger partial charge in [-0.05, 0) is 35.2 Å². The van der Waals surface area contributed by atoms with Crippen LogP contribution in [0.2, 0.25) is 0 Å². The van der Waals surface area contributed by atoms with Gasteiger partial charge in [0.15, 0.2) is 5.96 Å². The number of hydrogen-bond donors (Lipinski definition) is 2. The van der Waals surface area contributed by atoms with Crippen LogP contribution in [0, 0.1) is 0 Å². The maximum absolute atomic E-state index is 11.8. The fraction of sp³-hybridized carbons (Fsp3) is 0.364. The number of rotatable bonds is 7. The summed E-state index contributed by atoms with van der Waals surface area (Å²) in [7, 11) is 3.43. The summed E-state index contributed by atoms with van der Waals surface area (Å²) in [5.74, 6) is 1.84. The maximum atomic E-state index is 11.8. The topological polar surface area (TPSA) is 66.0 Å². The van der Waals surface area contributed by atoms with Crippen molar-refractivity contribution in [3.8, 4) is 5.75 Å². The third-order valence-electron chi connectivity index (χ3n) is 4.81. The van der Waals surface area contributed by atoms with Crippen LogP contribution in [0.3, 0.4) is 0 Å². The van der Waals surface area contributed by atoms with E-state index in [2.05, 4.69) is 33.8 Å². The summed E-state index contributed by atoms with van der Waals surface area (Å²) in [5, 5.41) is 6.66. The molecule has 0 bridgehead atoms. The van der Waals surface area contributed by atoms with E-state index in [0.717, 1.165) is 41.4 Å². The van der Waals surface area contributed by atoms with E-state index in [1.54, 1.807) is 14.2 Å². The molecule has 0 aliphatic carbocycles. The number of nitrogens with one attached hydrogen (secondary N) is 2. The first kappa shape index (κ1) is 19.7. The normalized spacial score (nSPS) is 14.3. The zero-order chi connectivity index (χ0) is 19.8. The number of amides is 1. The molecule has 28 heavy (non-hydrogen) atoms. The standard InChI is InChI=1S/C22H28N4O2/c1-23-22(25-15-18-7-4-9-20(13-18)28-2)24-14-17-6-3-8-19(12-17)16-26-11-5-10-21(26)27/h3-4,6-9,12-13H,5,10-11,14-16H2,1-2H3,(H2,23,24,25). The van der Waals surface area contributed by atoms with Crippen molar-refractivity contribution >= 4 is 11.9 Å². The number of hydrogen-bond acceptors (Lipinski definition) is 3. The molecule has 1 saturated heterocycles. The summed E-state index contributed by atoms with van der Waals surface area (Å²) < 4.78 is 5.26. The van der Waals surface area contributed by atoms with E-state index in [-0.39, 0.29) is 5.91 Å². The molecule has 148 valence electrons. The van der Waals surface area contributed by atoms with Crippen LogP contribution in [0.15, 0.2) is 53.5 Å². The van der Waals surface area contributed by atoms with Gasteiger partial charge in [-0.2, -0.15) is 0 Å². The smallest absolute Gasteiger partial charge is 0.222 e. The number of benzene rings is 2. The van der Waals surface area contributed by atoms with Crippen LogP contribution in [-0.4, -0.2) is 37.5 Å². The molecular weight excluding hydrogens is 352 g/mol. The summed E-state index contributed by atoms with van der Waals surface area (Å²) in [6.07, 6.45) is 1.64. The molecule has 3 rings (SSSR count). The second kappa shape index (κ2) is 9.78. The van der Waals surface area contributed by atoms with Crippen LogP contribution in [-0.2, 0) is 24.4 Å². The Morgan fingerprint density at radius 2 is 1.75 bits per heavy atom. The monoisotopic (exact) mass is 380 g/mol. The Morgan fingerprint density at radius 3 is 2.39 bits per heavy atom.